The highest BCUT2D eigenvalue weighted by molar-refractivity contribution is 5.75. The summed E-state index contributed by atoms with van der Waals surface area (Å²) in [5.41, 5.74) is 5.58. The standard InChI is InChI=1S/C24H34N4O/c1-16-22-9-7-6-8-20(22)14-23(16)17(2)26-19(4)27-21-10-12-24(5,13-11-21)28-18(3)25-15-29/h6-9,15,17,21,26-28H,3-4,10-14H2,1-2,5H3,(H,25,29)/t17-,21?,24?/m0/s1. The monoisotopic (exact) mass is 394 g/mol. The molecule has 1 fully saturated rings. The quantitative estimate of drug-likeness (QED) is 0.484. The lowest BCUT2D eigenvalue weighted by molar-refractivity contribution is -0.109. The number of hydrogen-bond donors (Lipinski definition) is 4. The van der Waals surface area contributed by atoms with Gasteiger partial charge in [0.2, 0.25) is 6.41 Å². The van der Waals surface area contributed by atoms with Crippen LogP contribution in [-0.2, 0) is 11.2 Å². The average Bonchev–Trinajstić information content (AvgIpc) is 3.01. The number of hydrogen-bond acceptors (Lipinski definition) is 4. The van der Waals surface area contributed by atoms with Crippen molar-refractivity contribution in [2.75, 3.05) is 0 Å². The molecule has 5 nitrogen and oxygen atoms in total. The molecule has 1 atom stereocenters. The zero-order chi connectivity index (χ0) is 21.0. The molecule has 1 amide bonds. The Bertz CT molecular complexity index is 818. The van der Waals surface area contributed by atoms with Gasteiger partial charge in [0.05, 0.1) is 11.6 Å². The van der Waals surface area contributed by atoms with E-state index in [9.17, 15) is 4.79 Å². The molecule has 1 aromatic rings. The van der Waals surface area contributed by atoms with Crippen LogP contribution in [0.4, 0.5) is 0 Å². The Kier molecular flexibility index (Phi) is 6.36. The highest BCUT2D eigenvalue weighted by Crippen LogP contribution is 2.34. The summed E-state index contributed by atoms with van der Waals surface area (Å²) in [4.78, 5) is 10.6. The van der Waals surface area contributed by atoms with Gasteiger partial charge in [0, 0.05) is 17.6 Å². The first-order valence-corrected chi connectivity index (χ1v) is 10.5. The van der Waals surface area contributed by atoms with E-state index in [0.717, 1.165) is 37.9 Å². The van der Waals surface area contributed by atoms with Crippen LogP contribution in [-0.4, -0.2) is 24.0 Å². The van der Waals surface area contributed by atoms with E-state index in [0.29, 0.717) is 18.3 Å². The molecule has 0 unspecified atom stereocenters. The van der Waals surface area contributed by atoms with Crippen LogP contribution in [0.2, 0.25) is 0 Å². The van der Waals surface area contributed by atoms with E-state index in [1.165, 1.54) is 22.3 Å². The molecule has 0 aliphatic heterocycles. The van der Waals surface area contributed by atoms with Gasteiger partial charge < -0.3 is 21.3 Å². The first-order chi connectivity index (χ1) is 13.8. The van der Waals surface area contributed by atoms with Gasteiger partial charge in [-0.15, -0.1) is 0 Å². The van der Waals surface area contributed by atoms with Crippen LogP contribution in [0.3, 0.4) is 0 Å². The van der Waals surface area contributed by atoms with Crippen LogP contribution in [0.15, 0.2) is 54.6 Å². The molecule has 0 bridgehead atoms. The van der Waals surface area contributed by atoms with E-state index in [1.807, 2.05) is 0 Å². The minimum Gasteiger partial charge on any atom is -0.370 e. The number of amides is 1. The number of fused-ring (bicyclic) bond motifs is 1. The van der Waals surface area contributed by atoms with Crippen molar-refractivity contribution in [2.45, 2.75) is 70.5 Å². The van der Waals surface area contributed by atoms with Gasteiger partial charge >= 0.3 is 0 Å². The van der Waals surface area contributed by atoms with Crippen LogP contribution < -0.4 is 21.3 Å². The van der Waals surface area contributed by atoms with Crippen molar-refractivity contribution in [2.24, 2.45) is 0 Å². The second-order valence-electron chi connectivity index (χ2n) is 8.67. The molecule has 156 valence electrons. The molecule has 2 aliphatic carbocycles. The van der Waals surface area contributed by atoms with Crippen molar-refractivity contribution >= 4 is 12.0 Å². The molecule has 2 aliphatic rings. The lowest BCUT2D eigenvalue weighted by atomic mass is 9.81. The fourth-order valence-corrected chi connectivity index (χ4v) is 4.66. The molecule has 5 heteroatoms. The second kappa shape index (κ2) is 8.76. The van der Waals surface area contributed by atoms with Crippen LogP contribution in [0, 0.1) is 0 Å². The van der Waals surface area contributed by atoms with Crippen molar-refractivity contribution in [3.05, 3.63) is 65.8 Å². The largest absolute Gasteiger partial charge is 0.370 e. The van der Waals surface area contributed by atoms with Crippen molar-refractivity contribution in [3.63, 3.8) is 0 Å². The molecular weight excluding hydrogens is 360 g/mol. The molecule has 1 aromatic carbocycles. The normalized spacial score (nSPS) is 24.3. The predicted octanol–water partition coefficient (Wildman–Crippen LogP) is 3.56. The topological polar surface area (TPSA) is 65.2 Å². The molecule has 29 heavy (non-hydrogen) atoms. The minimum atomic E-state index is -0.0368. The Morgan fingerprint density at radius 1 is 1.21 bits per heavy atom. The summed E-state index contributed by atoms with van der Waals surface area (Å²) in [6.07, 6.45) is 5.76. The molecule has 0 heterocycles. The van der Waals surface area contributed by atoms with E-state index in [4.69, 9.17) is 0 Å². The van der Waals surface area contributed by atoms with E-state index in [1.54, 1.807) is 0 Å². The number of rotatable bonds is 9. The van der Waals surface area contributed by atoms with E-state index >= 15 is 0 Å². The van der Waals surface area contributed by atoms with Gasteiger partial charge in [-0.25, -0.2) is 0 Å². The van der Waals surface area contributed by atoms with E-state index in [2.05, 4.69) is 79.5 Å². The number of carbonyl (C=O) groups excluding carboxylic acids is 1. The highest BCUT2D eigenvalue weighted by Gasteiger charge is 2.31. The van der Waals surface area contributed by atoms with E-state index < -0.39 is 0 Å². The third-order valence-corrected chi connectivity index (χ3v) is 6.35. The fourth-order valence-electron chi connectivity index (χ4n) is 4.66. The first kappa shape index (κ1) is 21.0. The third-order valence-electron chi connectivity index (χ3n) is 6.35. The van der Waals surface area contributed by atoms with E-state index in [-0.39, 0.29) is 11.6 Å². The number of benzene rings is 1. The number of allylic oxidation sites excluding steroid dienone is 1. The van der Waals surface area contributed by atoms with Gasteiger partial charge in [-0.3, -0.25) is 4.79 Å². The van der Waals surface area contributed by atoms with Crippen LogP contribution >= 0.6 is 0 Å². The summed E-state index contributed by atoms with van der Waals surface area (Å²) in [5, 5.41) is 13.1. The fraction of sp³-hybridized carbons (Fsp3) is 0.458. The SMILES string of the molecule is C=C(NC1CCC(C)(NC(=C)NC=O)CC1)N[C@@H](C)C1=C(C)c2ccccc2C1. The molecule has 0 aromatic heterocycles. The molecule has 4 N–H and O–H groups in total. The van der Waals surface area contributed by atoms with Crippen molar-refractivity contribution in [3.8, 4) is 0 Å². The van der Waals surface area contributed by atoms with Crippen LogP contribution in [0.25, 0.3) is 5.57 Å². The van der Waals surface area contributed by atoms with Gasteiger partial charge in [-0.1, -0.05) is 37.4 Å². The van der Waals surface area contributed by atoms with Gasteiger partial charge in [0.25, 0.3) is 0 Å². The summed E-state index contributed by atoms with van der Waals surface area (Å²) < 4.78 is 0. The minimum absolute atomic E-state index is 0.0368. The molecule has 0 saturated heterocycles. The zero-order valence-electron chi connectivity index (χ0n) is 17.9. The Morgan fingerprint density at radius 3 is 2.55 bits per heavy atom. The van der Waals surface area contributed by atoms with Crippen molar-refractivity contribution in [1.82, 2.24) is 21.3 Å². The van der Waals surface area contributed by atoms with Crippen molar-refractivity contribution in [1.29, 1.82) is 0 Å². The first-order valence-electron chi connectivity index (χ1n) is 10.5. The molecule has 0 radical (unpaired) electrons. The summed E-state index contributed by atoms with van der Waals surface area (Å²) in [6.45, 7) is 14.7. The van der Waals surface area contributed by atoms with Gasteiger partial charge in [0.15, 0.2) is 0 Å². The van der Waals surface area contributed by atoms with Gasteiger partial charge in [-0.05, 0) is 75.1 Å². The summed E-state index contributed by atoms with van der Waals surface area (Å²) in [6, 6.07) is 9.31. The maximum atomic E-state index is 10.6. The maximum Gasteiger partial charge on any atom is 0.212 e. The Morgan fingerprint density at radius 2 is 1.90 bits per heavy atom. The van der Waals surface area contributed by atoms with Gasteiger partial charge in [0.1, 0.15) is 0 Å². The third kappa shape index (κ3) is 5.03. The molecular formula is C24H34N4O. The molecule has 0 spiro atoms. The molecule has 1 saturated carbocycles. The highest BCUT2D eigenvalue weighted by atomic mass is 16.1. The van der Waals surface area contributed by atoms with Crippen LogP contribution in [0.1, 0.15) is 57.6 Å². The Hall–Kier alpha value is -2.69. The summed E-state index contributed by atoms with van der Waals surface area (Å²) in [7, 11) is 0. The zero-order valence-corrected chi connectivity index (χ0v) is 17.9. The molecule has 3 rings (SSSR count). The number of nitrogens with one attached hydrogen (secondary N) is 4. The predicted molar refractivity (Wildman–Crippen MR) is 120 cm³/mol. The number of carbonyl (C=O) groups is 1. The van der Waals surface area contributed by atoms with Crippen LogP contribution in [0.5, 0.6) is 0 Å². The maximum absolute atomic E-state index is 10.6. The summed E-state index contributed by atoms with van der Waals surface area (Å²) >= 11 is 0. The average molecular weight is 395 g/mol. The lowest BCUT2D eigenvalue weighted by Crippen LogP contribution is -2.50. The Balaban J connectivity index is 1.48. The smallest absolute Gasteiger partial charge is 0.212 e. The van der Waals surface area contributed by atoms with Gasteiger partial charge in [-0.2, -0.15) is 0 Å². The lowest BCUT2D eigenvalue weighted by Gasteiger charge is -2.40. The van der Waals surface area contributed by atoms with Crippen molar-refractivity contribution < 1.29 is 4.79 Å². The Labute approximate surface area is 174 Å². The second-order valence-corrected chi connectivity index (χ2v) is 8.67. The summed E-state index contributed by atoms with van der Waals surface area (Å²) in [5.74, 6) is 1.46.